The van der Waals surface area contributed by atoms with E-state index in [1.807, 2.05) is 5.32 Å². The molecule has 0 fully saturated rings. The molecule has 8 nitrogen and oxygen atoms in total. The molecule has 0 saturated heterocycles. The van der Waals surface area contributed by atoms with Gasteiger partial charge in [-0.05, 0) is 0 Å². The molecule has 0 aliphatic rings. The van der Waals surface area contributed by atoms with E-state index >= 15 is 0 Å². The van der Waals surface area contributed by atoms with Crippen molar-refractivity contribution in [2.45, 2.75) is 24.9 Å². The minimum Gasteiger partial charge on any atom is -0.481 e. The van der Waals surface area contributed by atoms with E-state index in [2.05, 4.69) is 0 Å². The Labute approximate surface area is 90.4 Å². The van der Waals surface area contributed by atoms with E-state index < -0.39 is 42.8 Å². The summed E-state index contributed by atoms with van der Waals surface area (Å²) < 4.78 is 0. The van der Waals surface area contributed by atoms with Crippen LogP contribution in [0.2, 0.25) is 0 Å². The first-order chi connectivity index (χ1) is 7.36. The van der Waals surface area contributed by atoms with Gasteiger partial charge in [0.25, 0.3) is 0 Å². The predicted molar refractivity (Wildman–Crippen MR) is 50.1 cm³/mol. The highest BCUT2D eigenvalue weighted by Crippen LogP contribution is 1.93. The Bertz CT molecular complexity index is 303. The molecule has 0 aromatic heterocycles. The summed E-state index contributed by atoms with van der Waals surface area (Å²) in [6, 6.07) is -2.66. The molecule has 1 radical (unpaired) electrons. The Hall–Kier alpha value is -1.96. The molecular weight excluding hydrogens is 220 g/mol. The summed E-state index contributed by atoms with van der Waals surface area (Å²) in [5.74, 6) is -3.47. The average molecular weight is 231 g/mol. The maximum absolute atomic E-state index is 11.2. The number of hydrogen-bond acceptors (Lipinski definition) is 5. The average Bonchev–Trinajstić information content (AvgIpc) is 2.14. The highest BCUT2D eigenvalue weighted by Gasteiger charge is 2.21. The summed E-state index contributed by atoms with van der Waals surface area (Å²) >= 11 is 0. The third-order valence-electron chi connectivity index (χ3n) is 1.57. The van der Waals surface area contributed by atoms with Gasteiger partial charge in [0, 0.05) is 0 Å². The Morgan fingerprint density at radius 1 is 1.19 bits per heavy atom. The molecule has 1 amide bonds. The van der Waals surface area contributed by atoms with Gasteiger partial charge in [0.05, 0.1) is 18.9 Å². The number of carboxylic acids is 2. The van der Waals surface area contributed by atoms with Crippen molar-refractivity contribution in [3.05, 3.63) is 0 Å². The number of aliphatic carboxylic acids is 2. The number of carbonyl (C=O) groups is 3. The summed E-state index contributed by atoms with van der Waals surface area (Å²) in [5.41, 5.74) is 5.18. The van der Waals surface area contributed by atoms with Crippen LogP contribution in [0.25, 0.3) is 0 Å². The molecule has 0 saturated carbocycles. The van der Waals surface area contributed by atoms with E-state index in [1.165, 1.54) is 6.29 Å². The van der Waals surface area contributed by atoms with Crippen molar-refractivity contribution in [3.8, 4) is 0 Å². The summed E-state index contributed by atoms with van der Waals surface area (Å²) in [7, 11) is 0. The first-order valence-electron chi connectivity index (χ1n) is 4.24. The maximum Gasteiger partial charge on any atom is 0.305 e. The first-order valence-corrected chi connectivity index (χ1v) is 4.24. The number of carbonyl (C=O) groups excluding carboxylic acids is 2. The quantitative estimate of drug-likeness (QED) is 0.390. The topological polar surface area (TPSA) is 147 Å². The molecule has 89 valence electrons. The molecule has 2 atom stereocenters. The van der Waals surface area contributed by atoms with Gasteiger partial charge in [-0.3, -0.25) is 19.2 Å². The molecule has 5 N–H and O–H groups in total. The Morgan fingerprint density at radius 3 is 2.06 bits per heavy atom. The minimum atomic E-state index is -1.33. The van der Waals surface area contributed by atoms with Crippen LogP contribution in [0.3, 0.4) is 0 Å². The van der Waals surface area contributed by atoms with Crippen LogP contribution in [0.1, 0.15) is 12.8 Å². The maximum atomic E-state index is 11.2. The van der Waals surface area contributed by atoms with Gasteiger partial charge in [-0.1, -0.05) is 0 Å². The van der Waals surface area contributed by atoms with Crippen molar-refractivity contribution in [1.82, 2.24) is 5.32 Å². The lowest BCUT2D eigenvalue weighted by Gasteiger charge is -2.13. The Kier molecular flexibility index (Phi) is 5.71. The van der Waals surface area contributed by atoms with Crippen LogP contribution in [-0.2, 0) is 19.2 Å². The number of hydrogen-bond donors (Lipinski definition) is 4. The smallest absolute Gasteiger partial charge is 0.305 e. The predicted octanol–water partition coefficient (Wildman–Crippen LogP) is -2.14. The number of carboxylic acid groups (broad SMARTS) is 2. The van der Waals surface area contributed by atoms with E-state index in [1.54, 1.807) is 0 Å². The van der Waals surface area contributed by atoms with Crippen LogP contribution in [0.15, 0.2) is 0 Å². The standard InChI is InChI=1S/C8H11N2O6/c9-5(2-7(14)15)8(16)10-4(3-11)1-6(12)13/h4-5H,1-2,9H2,(H,10,16)(H,12,13)(H,14,15)/t4-,5-/m0/s1. The second kappa shape index (κ2) is 6.51. The van der Waals surface area contributed by atoms with Crippen LogP contribution in [0.4, 0.5) is 0 Å². The lowest BCUT2D eigenvalue weighted by molar-refractivity contribution is -0.140. The van der Waals surface area contributed by atoms with Crippen molar-refractivity contribution in [1.29, 1.82) is 0 Å². The normalized spacial score (nSPS) is 13.6. The number of amides is 1. The van der Waals surface area contributed by atoms with Gasteiger partial charge >= 0.3 is 11.9 Å². The monoisotopic (exact) mass is 231 g/mol. The van der Waals surface area contributed by atoms with E-state index in [0.717, 1.165) is 0 Å². The van der Waals surface area contributed by atoms with E-state index in [-0.39, 0.29) is 0 Å². The third-order valence-corrected chi connectivity index (χ3v) is 1.57. The molecule has 16 heavy (non-hydrogen) atoms. The second-order valence-corrected chi connectivity index (χ2v) is 2.98. The first kappa shape index (κ1) is 14.0. The van der Waals surface area contributed by atoms with E-state index in [0.29, 0.717) is 0 Å². The Balaban J connectivity index is 4.23. The molecule has 0 heterocycles. The van der Waals surface area contributed by atoms with Gasteiger partial charge in [-0.25, -0.2) is 0 Å². The highest BCUT2D eigenvalue weighted by atomic mass is 16.4. The van der Waals surface area contributed by atoms with Crippen LogP contribution in [0, 0.1) is 0 Å². The minimum absolute atomic E-state index is 0.607. The fourth-order valence-electron chi connectivity index (χ4n) is 0.856. The van der Waals surface area contributed by atoms with Crippen molar-refractivity contribution < 1.29 is 29.4 Å². The Morgan fingerprint density at radius 2 is 1.69 bits per heavy atom. The molecule has 0 bridgehead atoms. The molecule has 0 aromatic rings. The molecule has 0 aliphatic carbocycles. The summed E-state index contributed by atoms with van der Waals surface area (Å²) in [5, 5.41) is 18.7. The zero-order valence-corrected chi connectivity index (χ0v) is 8.17. The molecule has 8 heteroatoms. The van der Waals surface area contributed by atoms with E-state index in [4.69, 9.17) is 15.9 Å². The van der Waals surface area contributed by atoms with Crippen LogP contribution in [0.5, 0.6) is 0 Å². The lowest BCUT2D eigenvalue weighted by Crippen LogP contribution is -2.47. The summed E-state index contributed by atoms with van der Waals surface area (Å²) in [4.78, 5) is 41.9. The van der Waals surface area contributed by atoms with Gasteiger partial charge in [0.15, 0.2) is 0 Å². The van der Waals surface area contributed by atoms with E-state index in [9.17, 15) is 19.2 Å². The van der Waals surface area contributed by atoms with Crippen LogP contribution >= 0.6 is 0 Å². The van der Waals surface area contributed by atoms with Crippen molar-refractivity contribution in [3.63, 3.8) is 0 Å². The number of nitrogens with one attached hydrogen (secondary N) is 1. The molecule has 0 aliphatic heterocycles. The van der Waals surface area contributed by atoms with Gasteiger partial charge in [-0.15, -0.1) is 0 Å². The lowest BCUT2D eigenvalue weighted by atomic mass is 10.1. The summed E-state index contributed by atoms with van der Waals surface area (Å²) in [6.45, 7) is 0. The van der Waals surface area contributed by atoms with Crippen LogP contribution < -0.4 is 11.1 Å². The second-order valence-electron chi connectivity index (χ2n) is 2.98. The molecule has 0 unspecified atom stereocenters. The molecule has 0 rings (SSSR count). The largest absolute Gasteiger partial charge is 0.481 e. The van der Waals surface area contributed by atoms with Gasteiger partial charge in [-0.2, -0.15) is 0 Å². The number of rotatable bonds is 7. The molecule has 0 spiro atoms. The zero-order chi connectivity index (χ0) is 12.7. The van der Waals surface area contributed by atoms with Gasteiger partial charge in [0.2, 0.25) is 12.2 Å². The highest BCUT2D eigenvalue weighted by molar-refractivity contribution is 5.88. The SMILES string of the molecule is N[C@@H](CC(=O)O)C(=O)N[C@H]([C]=O)CC(=O)O. The van der Waals surface area contributed by atoms with Crippen molar-refractivity contribution >= 4 is 24.1 Å². The fraction of sp³-hybridized carbons (Fsp3) is 0.500. The van der Waals surface area contributed by atoms with Gasteiger partial charge < -0.3 is 21.3 Å². The van der Waals surface area contributed by atoms with Crippen LogP contribution in [-0.4, -0.2) is 46.4 Å². The molecular formula is C8H11N2O6. The number of nitrogens with two attached hydrogens (primary N) is 1. The van der Waals surface area contributed by atoms with Crippen molar-refractivity contribution in [2.75, 3.05) is 0 Å². The summed E-state index contributed by atoms with van der Waals surface area (Å²) in [6.07, 6.45) is 0.0701. The zero-order valence-electron chi connectivity index (χ0n) is 8.17. The third kappa shape index (κ3) is 5.70. The molecule has 0 aromatic carbocycles. The fourth-order valence-corrected chi connectivity index (χ4v) is 0.856. The van der Waals surface area contributed by atoms with Gasteiger partial charge in [0.1, 0.15) is 6.04 Å². The van der Waals surface area contributed by atoms with Crippen molar-refractivity contribution in [2.24, 2.45) is 5.73 Å².